The fourth-order valence-corrected chi connectivity index (χ4v) is 3.36. The zero-order chi connectivity index (χ0) is 12.4. The molecule has 0 spiro atoms. The summed E-state index contributed by atoms with van der Waals surface area (Å²) in [6, 6.07) is 5.66. The zero-order valence-corrected chi connectivity index (χ0v) is 11.6. The molecule has 1 amide bonds. The molecule has 2 aliphatic rings. The van der Waals surface area contributed by atoms with E-state index >= 15 is 0 Å². The molecule has 0 radical (unpaired) electrons. The van der Waals surface area contributed by atoms with E-state index in [9.17, 15) is 4.79 Å². The van der Waals surface area contributed by atoms with Crippen molar-refractivity contribution in [3.8, 4) is 0 Å². The van der Waals surface area contributed by atoms with Crippen LogP contribution in [-0.2, 0) is 4.79 Å². The number of rotatable bonds is 2. The molecule has 2 aliphatic heterocycles. The molecule has 0 aromatic heterocycles. The average molecular weight is 309 g/mol. The van der Waals surface area contributed by atoms with Crippen molar-refractivity contribution in [3.63, 3.8) is 0 Å². The third kappa shape index (κ3) is 2.32. The van der Waals surface area contributed by atoms with Crippen LogP contribution < -0.4 is 10.6 Å². The summed E-state index contributed by atoms with van der Waals surface area (Å²) in [6.45, 7) is 0.924. The van der Waals surface area contributed by atoms with Gasteiger partial charge >= 0.3 is 111 Å². The van der Waals surface area contributed by atoms with Crippen molar-refractivity contribution in [1.29, 1.82) is 0 Å². The number of nitrogens with one attached hydrogen (secondary N) is 2. The van der Waals surface area contributed by atoms with Crippen molar-refractivity contribution in [2.75, 3.05) is 11.9 Å². The second-order valence-electron chi connectivity index (χ2n) is 4.43. The van der Waals surface area contributed by atoms with Gasteiger partial charge in [0.05, 0.1) is 0 Å². The Kier molecular flexibility index (Phi) is 3.41. The molecule has 0 saturated carbocycles. The first-order valence-electron chi connectivity index (χ1n) is 6.10. The van der Waals surface area contributed by atoms with Crippen molar-refractivity contribution < 1.29 is 4.79 Å². The molecule has 5 nitrogen and oxygen atoms in total. The maximum atomic E-state index is 12.1. The number of amides is 1. The van der Waals surface area contributed by atoms with Crippen LogP contribution in [0.25, 0.3) is 0 Å². The van der Waals surface area contributed by atoms with Crippen LogP contribution in [0.5, 0.6) is 0 Å². The molecule has 0 aliphatic carbocycles. The summed E-state index contributed by atoms with van der Waals surface area (Å²) in [5.41, 5.74) is 2.51. The van der Waals surface area contributed by atoms with Crippen LogP contribution in [0, 0.1) is 0 Å². The molecule has 2 heterocycles. The quantitative estimate of drug-likeness (QED) is 0.835. The molecular weight excluding hydrogens is 295 g/mol. The third-order valence-electron chi connectivity index (χ3n) is 3.17. The van der Waals surface area contributed by atoms with E-state index in [0.717, 1.165) is 42.9 Å². The topological polar surface area (TPSA) is 65.8 Å². The Morgan fingerprint density at radius 3 is 3.17 bits per heavy atom. The van der Waals surface area contributed by atoms with Crippen molar-refractivity contribution in [2.45, 2.75) is 25.3 Å². The van der Waals surface area contributed by atoms with E-state index in [-0.39, 0.29) is 26.5 Å². The first-order chi connectivity index (χ1) is 8.84. The van der Waals surface area contributed by atoms with Gasteiger partial charge in [-0.3, -0.25) is 0 Å². The van der Waals surface area contributed by atoms with Crippen LogP contribution in [0.1, 0.15) is 19.3 Å². The number of hydrogen-bond acceptors (Lipinski definition) is 4. The summed E-state index contributed by atoms with van der Waals surface area (Å²) in [5.74, 6) is 0.0395. The standard InChI is InChI=1S/C12H14N4OSe/c17-12(10-4-1-2-7-13-10)14-8-5-3-6-9-11(8)16-18-15-9/h3,5-6,10,13H,1-2,4,7H2,(H,14,17)/t10-/m1/s1. The Bertz CT molecular complexity index is 545. The van der Waals surface area contributed by atoms with E-state index in [0.29, 0.717) is 0 Å². The van der Waals surface area contributed by atoms with Crippen molar-refractivity contribution >= 4 is 37.5 Å². The molecule has 2 N–H and O–H groups in total. The predicted octanol–water partition coefficient (Wildman–Crippen LogP) is 2.12. The third-order valence-corrected chi connectivity index (χ3v) is 4.31. The molecule has 0 bridgehead atoms. The van der Waals surface area contributed by atoms with Crippen LogP contribution in [0.15, 0.2) is 26.1 Å². The van der Waals surface area contributed by atoms with Crippen LogP contribution in [0.4, 0.5) is 17.1 Å². The van der Waals surface area contributed by atoms with Crippen LogP contribution in [0.3, 0.4) is 0 Å². The molecule has 1 atom stereocenters. The number of nitrogens with zero attached hydrogens (tertiary/aromatic N) is 2. The number of piperidine rings is 1. The molecule has 6 heteroatoms. The number of benzene rings is 1. The normalized spacial score (nSPS) is 21.2. The Labute approximate surface area is 111 Å². The van der Waals surface area contributed by atoms with Gasteiger partial charge in [0, 0.05) is 0 Å². The summed E-state index contributed by atoms with van der Waals surface area (Å²) < 4.78 is 8.67. The van der Waals surface area contributed by atoms with Gasteiger partial charge in [0.2, 0.25) is 0 Å². The van der Waals surface area contributed by atoms with Crippen LogP contribution in [-0.4, -0.2) is 33.1 Å². The number of anilines is 1. The van der Waals surface area contributed by atoms with Gasteiger partial charge in [-0.1, -0.05) is 0 Å². The fourth-order valence-electron chi connectivity index (χ4n) is 2.20. The Morgan fingerprint density at radius 1 is 1.39 bits per heavy atom. The van der Waals surface area contributed by atoms with Crippen molar-refractivity contribution in [2.24, 2.45) is 7.92 Å². The van der Waals surface area contributed by atoms with Gasteiger partial charge in [0.1, 0.15) is 0 Å². The van der Waals surface area contributed by atoms with Gasteiger partial charge in [-0.15, -0.1) is 0 Å². The van der Waals surface area contributed by atoms with Gasteiger partial charge in [0.15, 0.2) is 0 Å². The molecule has 1 aromatic carbocycles. The number of hydrogen-bond donors (Lipinski definition) is 2. The van der Waals surface area contributed by atoms with Gasteiger partial charge in [-0.25, -0.2) is 0 Å². The van der Waals surface area contributed by atoms with E-state index < -0.39 is 0 Å². The first-order valence-corrected chi connectivity index (χ1v) is 7.63. The predicted molar refractivity (Wildman–Crippen MR) is 70.6 cm³/mol. The first kappa shape index (κ1) is 11.8. The minimum absolute atomic E-state index is 0.0395. The van der Waals surface area contributed by atoms with Crippen LogP contribution >= 0.6 is 0 Å². The molecule has 18 heavy (non-hydrogen) atoms. The minimum atomic E-state index is -0.0709. The molecule has 1 aromatic rings. The van der Waals surface area contributed by atoms with Gasteiger partial charge in [-0.2, -0.15) is 0 Å². The summed E-state index contributed by atoms with van der Waals surface area (Å²) in [4.78, 5) is 12.1. The van der Waals surface area contributed by atoms with Gasteiger partial charge in [0.25, 0.3) is 0 Å². The number of carbonyl (C=O) groups excluding carboxylic acids is 1. The Morgan fingerprint density at radius 2 is 2.33 bits per heavy atom. The van der Waals surface area contributed by atoms with Crippen molar-refractivity contribution in [1.82, 2.24) is 5.32 Å². The van der Waals surface area contributed by atoms with Crippen LogP contribution in [0.2, 0.25) is 0 Å². The molecule has 1 fully saturated rings. The zero-order valence-electron chi connectivity index (χ0n) is 9.85. The van der Waals surface area contributed by atoms with E-state index in [4.69, 9.17) is 0 Å². The molecule has 1 saturated heterocycles. The summed E-state index contributed by atoms with van der Waals surface area (Å²) in [7, 11) is 0. The second-order valence-corrected chi connectivity index (χ2v) is 5.54. The van der Waals surface area contributed by atoms with E-state index in [1.54, 1.807) is 0 Å². The van der Waals surface area contributed by atoms with Gasteiger partial charge < -0.3 is 0 Å². The van der Waals surface area contributed by atoms with Gasteiger partial charge in [-0.05, 0) is 0 Å². The maximum absolute atomic E-state index is 12.1. The van der Waals surface area contributed by atoms with E-state index in [1.165, 1.54) is 0 Å². The summed E-state index contributed by atoms with van der Waals surface area (Å²) in [6.07, 6.45) is 3.17. The molecular formula is C12H14N4OSe. The molecule has 3 rings (SSSR count). The average Bonchev–Trinajstić information content (AvgIpc) is 2.89. The summed E-state index contributed by atoms with van der Waals surface area (Å²) >= 11 is -0.0632. The van der Waals surface area contributed by atoms with E-state index in [2.05, 4.69) is 18.6 Å². The molecule has 94 valence electrons. The van der Waals surface area contributed by atoms with E-state index in [1.807, 2.05) is 18.2 Å². The Hall–Kier alpha value is -1.23. The number of fused-ring (bicyclic) bond motifs is 1. The molecule has 0 unspecified atom stereocenters. The van der Waals surface area contributed by atoms with Crippen molar-refractivity contribution in [3.05, 3.63) is 18.2 Å². The Balaban J connectivity index is 1.75. The number of carbonyl (C=O) groups is 1. The summed E-state index contributed by atoms with van der Waals surface area (Å²) in [5, 5.41) is 6.21. The monoisotopic (exact) mass is 310 g/mol. The SMILES string of the molecule is O=C(Nc1cccc2c1N=[Se]=N2)[C@H]1CCCCN1. The fraction of sp³-hybridized carbons (Fsp3) is 0.417. The second kappa shape index (κ2) is 5.18.